The Morgan fingerprint density at radius 3 is 3.00 bits per heavy atom. The normalized spacial score (nSPS) is 15.9. The number of aromatic nitrogens is 4. The van der Waals surface area contributed by atoms with E-state index < -0.39 is 5.82 Å². The van der Waals surface area contributed by atoms with Crippen LogP contribution < -0.4 is 10.1 Å². The summed E-state index contributed by atoms with van der Waals surface area (Å²) in [5.41, 5.74) is 1.99. The van der Waals surface area contributed by atoms with Crippen molar-refractivity contribution in [1.82, 2.24) is 24.8 Å². The number of aromatic amines is 1. The second-order valence-electron chi connectivity index (χ2n) is 8.22. The van der Waals surface area contributed by atoms with Crippen LogP contribution in [0.4, 0.5) is 10.2 Å². The van der Waals surface area contributed by atoms with E-state index in [4.69, 9.17) is 4.74 Å². The maximum absolute atomic E-state index is 14.6. The van der Waals surface area contributed by atoms with Crippen molar-refractivity contribution in [3.63, 3.8) is 0 Å². The Morgan fingerprint density at radius 2 is 2.12 bits per heavy atom. The molecule has 1 unspecified atom stereocenters. The minimum Gasteiger partial charge on any atom is -0.496 e. The lowest BCUT2D eigenvalue weighted by atomic mass is 10.0. The largest absolute Gasteiger partial charge is 0.496 e. The molecule has 8 nitrogen and oxygen atoms in total. The zero-order chi connectivity index (χ0) is 23.5. The molecular weight excluding hydrogens is 435 g/mol. The summed E-state index contributed by atoms with van der Waals surface area (Å²) >= 11 is 0. The molecule has 1 aliphatic rings. The number of nitrogens with one attached hydrogen (secondary N) is 2. The van der Waals surface area contributed by atoms with Crippen LogP contribution in [0.3, 0.4) is 0 Å². The first kappa shape index (κ1) is 21.8. The summed E-state index contributed by atoms with van der Waals surface area (Å²) in [5, 5.41) is 3.98. The van der Waals surface area contributed by atoms with Crippen LogP contribution in [-0.4, -0.2) is 57.0 Å². The Labute approximate surface area is 196 Å². The van der Waals surface area contributed by atoms with E-state index in [1.165, 1.54) is 6.20 Å². The van der Waals surface area contributed by atoms with E-state index in [9.17, 15) is 9.18 Å². The van der Waals surface area contributed by atoms with Gasteiger partial charge in [-0.05, 0) is 43.5 Å². The fourth-order valence-corrected chi connectivity index (χ4v) is 4.43. The average molecular weight is 461 g/mol. The maximum atomic E-state index is 14.6. The lowest BCUT2D eigenvalue weighted by Crippen LogP contribution is -2.47. The second-order valence-corrected chi connectivity index (χ2v) is 8.22. The van der Waals surface area contributed by atoms with Crippen molar-refractivity contribution in [2.24, 2.45) is 0 Å². The van der Waals surface area contributed by atoms with Gasteiger partial charge in [-0.3, -0.25) is 4.79 Å². The van der Waals surface area contributed by atoms with Gasteiger partial charge in [-0.15, -0.1) is 0 Å². The molecule has 1 saturated heterocycles. The number of anilines is 1. The number of para-hydroxylation sites is 1. The van der Waals surface area contributed by atoms with Gasteiger partial charge in [-0.25, -0.2) is 19.3 Å². The molecular formula is C25H25FN6O2. The van der Waals surface area contributed by atoms with Gasteiger partial charge < -0.3 is 19.9 Å². The molecule has 0 radical (unpaired) electrons. The van der Waals surface area contributed by atoms with Crippen molar-refractivity contribution < 1.29 is 13.9 Å². The van der Waals surface area contributed by atoms with Crippen LogP contribution in [-0.2, 0) is 0 Å². The van der Waals surface area contributed by atoms with E-state index in [-0.39, 0.29) is 17.8 Å². The molecule has 5 rings (SSSR count). The Bertz CT molecular complexity index is 1320. The Balaban J connectivity index is 1.36. The van der Waals surface area contributed by atoms with Crippen LogP contribution in [0.1, 0.15) is 29.6 Å². The fraction of sp³-hybridized carbons (Fsp3) is 0.280. The SMILES string of the molecule is COc1ccccc1C(=O)N1CCCCC1CNc1nc(-c2c[nH]c3ncccc23)ncc1F. The molecule has 0 saturated carbocycles. The lowest BCUT2D eigenvalue weighted by molar-refractivity contribution is 0.0625. The summed E-state index contributed by atoms with van der Waals surface area (Å²) < 4.78 is 20.0. The molecule has 1 aromatic carbocycles. The zero-order valence-electron chi connectivity index (χ0n) is 18.8. The number of amides is 1. The first-order chi connectivity index (χ1) is 16.7. The number of hydrogen-bond acceptors (Lipinski definition) is 6. The number of halogens is 1. The molecule has 34 heavy (non-hydrogen) atoms. The van der Waals surface area contributed by atoms with E-state index in [0.717, 1.165) is 30.2 Å². The molecule has 1 fully saturated rings. The number of likely N-dealkylation sites (tertiary alicyclic amines) is 1. The Kier molecular flexibility index (Phi) is 6.07. The van der Waals surface area contributed by atoms with Gasteiger partial charge in [0.25, 0.3) is 5.91 Å². The van der Waals surface area contributed by atoms with Crippen LogP contribution >= 0.6 is 0 Å². The molecule has 0 spiro atoms. The van der Waals surface area contributed by atoms with Crippen LogP contribution in [0.25, 0.3) is 22.4 Å². The Hall–Kier alpha value is -4.01. The summed E-state index contributed by atoms with van der Waals surface area (Å²) in [6.07, 6.45) is 7.38. The number of fused-ring (bicyclic) bond motifs is 1. The molecule has 174 valence electrons. The molecule has 0 bridgehead atoms. The molecule has 4 heterocycles. The summed E-state index contributed by atoms with van der Waals surface area (Å²) in [5.74, 6) is 0.427. The van der Waals surface area contributed by atoms with E-state index >= 15 is 0 Å². The van der Waals surface area contributed by atoms with Crippen LogP contribution in [0.2, 0.25) is 0 Å². The number of rotatable bonds is 6. The van der Waals surface area contributed by atoms with Crippen molar-refractivity contribution in [1.29, 1.82) is 0 Å². The van der Waals surface area contributed by atoms with E-state index in [1.54, 1.807) is 31.6 Å². The summed E-state index contributed by atoms with van der Waals surface area (Å²) in [6, 6.07) is 10.9. The molecule has 4 aromatic rings. The summed E-state index contributed by atoms with van der Waals surface area (Å²) in [4.78, 5) is 31.1. The predicted molar refractivity (Wildman–Crippen MR) is 127 cm³/mol. The molecule has 0 aliphatic carbocycles. The number of nitrogens with zero attached hydrogens (tertiary/aromatic N) is 4. The Morgan fingerprint density at radius 1 is 1.24 bits per heavy atom. The lowest BCUT2D eigenvalue weighted by Gasteiger charge is -2.36. The topological polar surface area (TPSA) is 96.0 Å². The van der Waals surface area contributed by atoms with Crippen LogP contribution in [0.15, 0.2) is 55.0 Å². The summed E-state index contributed by atoms with van der Waals surface area (Å²) in [7, 11) is 1.56. The highest BCUT2D eigenvalue weighted by Gasteiger charge is 2.29. The molecule has 3 aromatic heterocycles. The third-order valence-electron chi connectivity index (χ3n) is 6.17. The fourth-order valence-electron chi connectivity index (χ4n) is 4.43. The maximum Gasteiger partial charge on any atom is 0.257 e. The number of piperidine rings is 1. The van der Waals surface area contributed by atoms with Crippen molar-refractivity contribution in [3.05, 3.63) is 66.4 Å². The quantitative estimate of drug-likeness (QED) is 0.446. The molecule has 2 N–H and O–H groups in total. The van der Waals surface area contributed by atoms with Gasteiger partial charge in [0.15, 0.2) is 17.5 Å². The number of ether oxygens (including phenoxy) is 1. The molecule has 1 atom stereocenters. The van der Waals surface area contributed by atoms with E-state index in [1.807, 2.05) is 29.2 Å². The number of benzene rings is 1. The van der Waals surface area contributed by atoms with Crippen LogP contribution in [0.5, 0.6) is 5.75 Å². The first-order valence-electron chi connectivity index (χ1n) is 11.3. The van der Waals surface area contributed by atoms with Crippen LogP contribution in [0, 0.1) is 5.82 Å². The van der Waals surface area contributed by atoms with Gasteiger partial charge >= 0.3 is 0 Å². The second kappa shape index (κ2) is 9.46. The smallest absolute Gasteiger partial charge is 0.257 e. The minimum absolute atomic E-state index is 0.0842. The van der Waals surface area contributed by atoms with Crippen molar-refractivity contribution in [2.75, 3.05) is 25.5 Å². The minimum atomic E-state index is -0.542. The number of H-pyrrole nitrogens is 1. The van der Waals surface area contributed by atoms with Gasteiger partial charge in [-0.2, -0.15) is 0 Å². The van der Waals surface area contributed by atoms with Crippen molar-refractivity contribution >= 4 is 22.8 Å². The van der Waals surface area contributed by atoms with Crippen molar-refractivity contribution in [3.8, 4) is 17.1 Å². The number of pyridine rings is 1. The highest BCUT2D eigenvalue weighted by Crippen LogP contribution is 2.27. The monoisotopic (exact) mass is 460 g/mol. The predicted octanol–water partition coefficient (Wildman–Crippen LogP) is 4.27. The molecule has 1 aliphatic heterocycles. The number of carbonyl (C=O) groups is 1. The van der Waals surface area contributed by atoms with Crippen molar-refractivity contribution in [2.45, 2.75) is 25.3 Å². The highest BCUT2D eigenvalue weighted by molar-refractivity contribution is 5.97. The standard InChI is InChI=1S/C25H25FN6O2/c1-34-21-10-3-2-8-18(21)25(33)32-12-5-4-7-16(32)13-28-24-20(26)15-30-23(31-24)19-14-29-22-17(19)9-6-11-27-22/h2-3,6,8-11,14-16H,4-5,7,12-13H2,1H3,(H,27,29)(H,28,30,31). The third kappa shape index (κ3) is 4.16. The zero-order valence-corrected chi connectivity index (χ0v) is 18.8. The van der Waals surface area contributed by atoms with Gasteiger partial charge in [-0.1, -0.05) is 12.1 Å². The number of hydrogen-bond donors (Lipinski definition) is 2. The van der Waals surface area contributed by atoms with E-state index in [0.29, 0.717) is 35.9 Å². The number of carbonyl (C=O) groups excluding carboxylic acids is 1. The number of methoxy groups -OCH3 is 1. The highest BCUT2D eigenvalue weighted by atomic mass is 19.1. The summed E-state index contributed by atoms with van der Waals surface area (Å²) in [6.45, 7) is 1.02. The molecule has 9 heteroatoms. The van der Waals surface area contributed by atoms with Gasteiger partial charge in [0.1, 0.15) is 11.4 Å². The van der Waals surface area contributed by atoms with Gasteiger partial charge in [0.05, 0.1) is 18.9 Å². The van der Waals surface area contributed by atoms with Gasteiger partial charge in [0, 0.05) is 42.5 Å². The molecule has 1 amide bonds. The van der Waals surface area contributed by atoms with Gasteiger partial charge in [0.2, 0.25) is 0 Å². The third-order valence-corrected chi connectivity index (χ3v) is 6.17. The van der Waals surface area contributed by atoms with E-state index in [2.05, 4.69) is 25.3 Å². The first-order valence-corrected chi connectivity index (χ1v) is 11.3. The average Bonchev–Trinajstić information content (AvgIpc) is 3.32.